The summed E-state index contributed by atoms with van der Waals surface area (Å²) in [5, 5.41) is 15.3. The van der Waals surface area contributed by atoms with Crippen molar-refractivity contribution in [1.82, 2.24) is 5.32 Å². The number of hydrogen-bond acceptors (Lipinski definition) is 3. The van der Waals surface area contributed by atoms with Gasteiger partial charge in [0.05, 0.1) is 0 Å². The molecule has 1 aromatic carbocycles. The van der Waals surface area contributed by atoms with Gasteiger partial charge in [-0.15, -0.1) is 0 Å². The van der Waals surface area contributed by atoms with Gasteiger partial charge in [0.25, 0.3) is 0 Å². The maximum Gasteiger partial charge on any atom is 0.224 e. The highest BCUT2D eigenvalue weighted by Crippen LogP contribution is 2.17. The van der Waals surface area contributed by atoms with Gasteiger partial charge in [-0.25, -0.2) is 0 Å². The second-order valence-corrected chi connectivity index (χ2v) is 4.50. The number of rotatable bonds is 4. The molecule has 0 bridgehead atoms. The van der Waals surface area contributed by atoms with Crippen LogP contribution in [0.4, 0.5) is 5.69 Å². The van der Waals surface area contributed by atoms with Gasteiger partial charge >= 0.3 is 0 Å². The highest BCUT2D eigenvalue weighted by atomic mass is 16.3. The lowest BCUT2D eigenvalue weighted by Crippen LogP contribution is -2.14. The molecular formula is C13H18N2O2. The van der Waals surface area contributed by atoms with E-state index in [4.69, 9.17) is 0 Å². The Balaban J connectivity index is 1.76. The Kier molecular flexibility index (Phi) is 3.98. The predicted octanol–water partition coefficient (Wildman–Crippen LogP) is 1.72. The van der Waals surface area contributed by atoms with E-state index in [9.17, 15) is 9.90 Å². The second kappa shape index (κ2) is 5.68. The average Bonchev–Trinajstić information content (AvgIpc) is 2.79. The summed E-state index contributed by atoms with van der Waals surface area (Å²) >= 11 is 0. The molecule has 0 spiro atoms. The predicted molar refractivity (Wildman–Crippen MR) is 66.9 cm³/mol. The zero-order chi connectivity index (χ0) is 12.1. The van der Waals surface area contributed by atoms with Crippen molar-refractivity contribution < 1.29 is 9.90 Å². The van der Waals surface area contributed by atoms with E-state index < -0.39 is 0 Å². The minimum Gasteiger partial charge on any atom is -0.508 e. The molecule has 3 N–H and O–H groups in total. The SMILES string of the molecule is O=C(CCC1CCNC1)Nc1cccc(O)c1. The fourth-order valence-electron chi connectivity index (χ4n) is 2.10. The van der Waals surface area contributed by atoms with Gasteiger partial charge in [-0.2, -0.15) is 0 Å². The van der Waals surface area contributed by atoms with E-state index in [0.717, 1.165) is 19.5 Å². The van der Waals surface area contributed by atoms with E-state index in [1.54, 1.807) is 24.3 Å². The summed E-state index contributed by atoms with van der Waals surface area (Å²) in [6, 6.07) is 6.62. The molecule has 1 atom stereocenters. The molecular weight excluding hydrogens is 216 g/mol. The van der Waals surface area contributed by atoms with E-state index in [2.05, 4.69) is 10.6 Å². The first kappa shape index (κ1) is 11.9. The van der Waals surface area contributed by atoms with Crippen LogP contribution in [0, 0.1) is 5.92 Å². The highest BCUT2D eigenvalue weighted by molar-refractivity contribution is 5.90. The first-order valence-electron chi connectivity index (χ1n) is 6.03. The molecule has 1 unspecified atom stereocenters. The molecule has 4 nitrogen and oxygen atoms in total. The van der Waals surface area contributed by atoms with Gasteiger partial charge in [-0.1, -0.05) is 6.07 Å². The Hall–Kier alpha value is -1.55. The Bertz CT molecular complexity index is 387. The van der Waals surface area contributed by atoms with Crippen LogP contribution in [0.1, 0.15) is 19.3 Å². The fourth-order valence-corrected chi connectivity index (χ4v) is 2.10. The zero-order valence-corrected chi connectivity index (χ0v) is 9.78. The number of hydrogen-bond donors (Lipinski definition) is 3. The number of phenols is 1. The van der Waals surface area contributed by atoms with E-state index in [0.29, 0.717) is 18.0 Å². The monoisotopic (exact) mass is 234 g/mol. The molecule has 17 heavy (non-hydrogen) atoms. The minimum absolute atomic E-state index is 0.0162. The number of aromatic hydroxyl groups is 1. The molecule has 2 rings (SSSR count). The molecule has 1 heterocycles. The molecule has 0 aromatic heterocycles. The number of carbonyl (C=O) groups is 1. The van der Waals surface area contributed by atoms with Crippen molar-refractivity contribution in [2.45, 2.75) is 19.3 Å². The third kappa shape index (κ3) is 3.75. The molecule has 0 radical (unpaired) electrons. The van der Waals surface area contributed by atoms with Crippen LogP contribution in [0.25, 0.3) is 0 Å². The van der Waals surface area contributed by atoms with Crippen LogP contribution < -0.4 is 10.6 Å². The van der Waals surface area contributed by atoms with Crippen molar-refractivity contribution in [2.24, 2.45) is 5.92 Å². The zero-order valence-electron chi connectivity index (χ0n) is 9.78. The topological polar surface area (TPSA) is 61.4 Å². The summed E-state index contributed by atoms with van der Waals surface area (Å²) in [5.74, 6) is 0.815. The largest absolute Gasteiger partial charge is 0.508 e. The second-order valence-electron chi connectivity index (χ2n) is 4.50. The van der Waals surface area contributed by atoms with Crippen molar-refractivity contribution in [3.63, 3.8) is 0 Å². The molecule has 1 aromatic rings. The summed E-state index contributed by atoms with van der Waals surface area (Å²) in [7, 11) is 0. The van der Waals surface area contributed by atoms with Gasteiger partial charge in [0.2, 0.25) is 5.91 Å². The van der Waals surface area contributed by atoms with Gasteiger partial charge in [0.15, 0.2) is 0 Å². The quantitative estimate of drug-likeness (QED) is 0.743. The Morgan fingerprint density at radius 2 is 2.41 bits per heavy atom. The van der Waals surface area contributed by atoms with Crippen molar-refractivity contribution in [3.05, 3.63) is 24.3 Å². The molecule has 1 aliphatic heterocycles. The highest BCUT2D eigenvalue weighted by Gasteiger charge is 2.15. The summed E-state index contributed by atoms with van der Waals surface area (Å²) < 4.78 is 0. The summed E-state index contributed by atoms with van der Waals surface area (Å²) in [6.07, 6.45) is 2.64. The van der Waals surface area contributed by atoms with E-state index in [1.165, 1.54) is 6.42 Å². The van der Waals surface area contributed by atoms with E-state index in [1.807, 2.05) is 0 Å². The molecule has 92 valence electrons. The van der Waals surface area contributed by atoms with E-state index in [-0.39, 0.29) is 11.7 Å². The molecule has 1 fully saturated rings. The lowest BCUT2D eigenvalue weighted by Gasteiger charge is -2.08. The number of carbonyl (C=O) groups excluding carboxylic acids is 1. The van der Waals surface area contributed by atoms with Crippen molar-refractivity contribution in [3.8, 4) is 5.75 Å². The molecule has 1 aliphatic rings. The molecule has 1 amide bonds. The van der Waals surface area contributed by atoms with Gasteiger partial charge < -0.3 is 15.7 Å². The van der Waals surface area contributed by atoms with Crippen molar-refractivity contribution >= 4 is 11.6 Å². The molecule has 0 aliphatic carbocycles. The number of anilines is 1. The summed E-state index contributed by atoms with van der Waals surface area (Å²) in [6.45, 7) is 2.10. The Labute approximate surface area is 101 Å². The molecule has 1 saturated heterocycles. The number of phenolic OH excluding ortho intramolecular Hbond substituents is 1. The minimum atomic E-state index is 0.0162. The van der Waals surface area contributed by atoms with Crippen LogP contribution in [-0.2, 0) is 4.79 Å². The van der Waals surface area contributed by atoms with Crippen molar-refractivity contribution in [1.29, 1.82) is 0 Å². The Morgan fingerprint density at radius 1 is 1.53 bits per heavy atom. The maximum atomic E-state index is 11.7. The Morgan fingerprint density at radius 3 is 3.12 bits per heavy atom. The fraction of sp³-hybridized carbons (Fsp3) is 0.462. The van der Waals surface area contributed by atoms with Crippen LogP contribution in [0.15, 0.2) is 24.3 Å². The summed E-state index contributed by atoms with van der Waals surface area (Å²) in [4.78, 5) is 11.7. The lowest BCUT2D eigenvalue weighted by molar-refractivity contribution is -0.116. The normalized spacial score (nSPS) is 19.2. The average molecular weight is 234 g/mol. The van der Waals surface area contributed by atoms with Gasteiger partial charge in [0.1, 0.15) is 5.75 Å². The van der Waals surface area contributed by atoms with Crippen LogP contribution in [0.3, 0.4) is 0 Å². The number of nitrogens with one attached hydrogen (secondary N) is 2. The maximum absolute atomic E-state index is 11.7. The van der Waals surface area contributed by atoms with Crippen LogP contribution >= 0.6 is 0 Å². The van der Waals surface area contributed by atoms with Crippen LogP contribution in [0.2, 0.25) is 0 Å². The van der Waals surface area contributed by atoms with Crippen LogP contribution in [0.5, 0.6) is 5.75 Å². The van der Waals surface area contributed by atoms with Gasteiger partial charge in [-0.05, 0) is 44.0 Å². The third-order valence-electron chi connectivity index (χ3n) is 3.07. The standard InChI is InChI=1S/C13H18N2O2/c16-12-3-1-2-11(8-12)15-13(17)5-4-10-6-7-14-9-10/h1-3,8,10,14,16H,4-7,9H2,(H,15,17). The van der Waals surface area contributed by atoms with Gasteiger partial charge in [0, 0.05) is 18.2 Å². The third-order valence-corrected chi connectivity index (χ3v) is 3.07. The molecule has 4 heteroatoms. The van der Waals surface area contributed by atoms with Crippen molar-refractivity contribution in [2.75, 3.05) is 18.4 Å². The first-order chi connectivity index (χ1) is 8.24. The van der Waals surface area contributed by atoms with E-state index >= 15 is 0 Å². The number of benzene rings is 1. The molecule has 0 saturated carbocycles. The first-order valence-corrected chi connectivity index (χ1v) is 6.03. The summed E-state index contributed by atoms with van der Waals surface area (Å²) in [5.41, 5.74) is 0.652. The number of amides is 1. The smallest absolute Gasteiger partial charge is 0.224 e. The van der Waals surface area contributed by atoms with Gasteiger partial charge in [-0.3, -0.25) is 4.79 Å². The van der Waals surface area contributed by atoms with Crippen LogP contribution in [-0.4, -0.2) is 24.1 Å². The lowest BCUT2D eigenvalue weighted by atomic mass is 10.0.